The van der Waals surface area contributed by atoms with E-state index in [2.05, 4.69) is 23.1 Å². The molecule has 1 aliphatic carbocycles. The van der Waals surface area contributed by atoms with Crippen LogP contribution in [0.2, 0.25) is 9.23 Å². The Labute approximate surface area is 137 Å². The maximum atomic E-state index is 12.6. The molecule has 0 aromatic carbocycles. The minimum atomic E-state index is -0.642. The van der Waals surface area contributed by atoms with Gasteiger partial charge in [0.25, 0.3) is 0 Å². The first-order chi connectivity index (χ1) is 9.81. The van der Waals surface area contributed by atoms with Gasteiger partial charge in [-0.1, -0.05) is 0 Å². The second-order valence-corrected chi connectivity index (χ2v) is 9.98. The number of nitrogens with zero attached hydrogens (tertiary/aromatic N) is 1. The Bertz CT molecular complexity index is 607. The third-order valence-electron chi connectivity index (χ3n) is 3.84. The number of carbonyl (C=O) groups is 1. The summed E-state index contributed by atoms with van der Waals surface area (Å²) in [4.78, 5) is 17.0. The molecule has 2 rings (SSSR count). The molecule has 1 aliphatic rings. The molecule has 0 bridgehead atoms. The molecule has 5 heteroatoms. The van der Waals surface area contributed by atoms with Crippen LogP contribution in [0, 0.1) is 12.3 Å². The van der Waals surface area contributed by atoms with Crippen LogP contribution in [-0.2, 0) is 0 Å². The summed E-state index contributed by atoms with van der Waals surface area (Å²) in [7, 11) is 0. The minimum absolute atomic E-state index is 0.144. The number of hydrogen-bond acceptors (Lipinski definition) is 2. The molecule has 0 aliphatic heterocycles. The van der Waals surface area contributed by atoms with Gasteiger partial charge in [-0.15, -0.1) is 0 Å². The molecule has 21 heavy (non-hydrogen) atoms. The van der Waals surface area contributed by atoms with Gasteiger partial charge in [-0.25, -0.2) is 0 Å². The molecule has 1 radical (unpaired) electrons. The number of amides is 1. The monoisotopic (exact) mass is 365 g/mol. The second kappa shape index (κ2) is 6.03. The van der Waals surface area contributed by atoms with E-state index < -0.39 is 5.54 Å². The Hall–Kier alpha value is -0.972. The molecule has 1 aromatic rings. The number of terminal acetylenes is 1. The van der Waals surface area contributed by atoms with Gasteiger partial charge in [0.05, 0.1) is 0 Å². The number of pyridine rings is 1. The Kier molecular flexibility index (Phi) is 4.71. The Morgan fingerprint density at radius 2 is 2.33 bits per heavy atom. The van der Waals surface area contributed by atoms with Crippen molar-refractivity contribution >= 4 is 37.7 Å². The van der Waals surface area contributed by atoms with E-state index in [-0.39, 0.29) is 21.7 Å². The van der Waals surface area contributed by atoms with Crippen molar-refractivity contribution in [3.05, 3.63) is 22.8 Å². The number of hydrogen-bond donors (Lipinski definition) is 1. The molecule has 1 heterocycles. The molecule has 0 spiro atoms. The SMILES string of the molecule is C#CC(C)(CC)NC(=O)c1cc(Cl)cnc1[As]C1(C)CC1. The van der Waals surface area contributed by atoms with Crippen molar-refractivity contribution in [2.75, 3.05) is 0 Å². The van der Waals surface area contributed by atoms with Gasteiger partial charge >= 0.3 is 138 Å². The fourth-order valence-corrected chi connectivity index (χ4v) is 4.56. The van der Waals surface area contributed by atoms with E-state index in [0.717, 1.165) is 4.48 Å². The summed E-state index contributed by atoms with van der Waals surface area (Å²) in [6.45, 7) is 6.05. The predicted molar refractivity (Wildman–Crippen MR) is 87.2 cm³/mol. The topological polar surface area (TPSA) is 42.0 Å². The fraction of sp³-hybridized carbons (Fsp3) is 0.500. The number of carbonyl (C=O) groups excluding carboxylic acids is 1. The van der Waals surface area contributed by atoms with Crippen molar-refractivity contribution in [1.82, 2.24) is 10.3 Å². The van der Waals surface area contributed by atoms with Gasteiger partial charge in [0, 0.05) is 0 Å². The number of rotatable bonds is 5. The van der Waals surface area contributed by atoms with Gasteiger partial charge in [0.1, 0.15) is 0 Å². The standard InChI is InChI=1S/C16H19AsClN2O/c1-5-16(4,6-2)20-14(21)12-9-11(18)10-19-13(12)17-15(3)7-8-15/h1,9-10H,6-8H2,2-4H3,(H,20,21). The van der Waals surface area contributed by atoms with E-state index in [1.807, 2.05) is 13.8 Å². The van der Waals surface area contributed by atoms with Gasteiger partial charge < -0.3 is 0 Å². The zero-order valence-electron chi connectivity index (χ0n) is 12.5. The average molecular weight is 366 g/mol. The van der Waals surface area contributed by atoms with Crippen LogP contribution in [0.15, 0.2) is 12.3 Å². The third-order valence-corrected chi connectivity index (χ3v) is 7.31. The number of halogens is 1. The van der Waals surface area contributed by atoms with E-state index in [0.29, 0.717) is 21.2 Å². The summed E-state index contributed by atoms with van der Waals surface area (Å²) in [5, 5.41) is 3.40. The van der Waals surface area contributed by atoms with E-state index in [9.17, 15) is 4.79 Å². The zero-order valence-corrected chi connectivity index (χ0v) is 15.2. The summed E-state index contributed by atoms with van der Waals surface area (Å²) in [5.41, 5.74) is -0.0676. The number of aromatic nitrogens is 1. The molecule has 1 aromatic heterocycles. The van der Waals surface area contributed by atoms with E-state index in [1.165, 1.54) is 12.8 Å². The first kappa shape index (κ1) is 16.4. The van der Waals surface area contributed by atoms with Crippen molar-refractivity contribution in [2.24, 2.45) is 0 Å². The Morgan fingerprint density at radius 3 is 2.86 bits per heavy atom. The van der Waals surface area contributed by atoms with Crippen LogP contribution in [0.5, 0.6) is 0 Å². The molecule has 111 valence electrons. The van der Waals surface area contributed by atoms with E-state index in [4.69, 9.17) is 18.0 Å². The van der Waals surface area contributed by atoms with Crippen molar-refractivity contribution in [2.45, 2.75) is 49.8 Å². The molecule has 0 saturated heterocycles. The molecule has 1 atom stereocenters. The fourth-order valence-electron chi connectivity index (χ4n) is 1.78. The molecule has 1 unspecified atom stereocenters. The summed E-state index contributed by atoms with van der Waals surface area (Å²) >= 11 is 5.87. The molecular formula is C16H19AsClN2O. The normalized spacial score (nSPS) is 19.0. The van der Waals surface area contributed by atoms with Crippen LogP contribution in [0.3, 0.4) is 0 Å². The Balaban J connectivity index is 2.27. The number of nitrogens with one attached hydrogen (secondary N) is 1. The summed E-state index contributed by atoms with van der Waals surface area (Å²) in [5.74, 6) is 2.47. The quantitative estimate of drug-likeness (QED) is 0.643. The van der Waals surface area contributed by atoms with Crippen LogP contribution in [-0.4, -0.2) is 32.2 Å². The van der Waals surface area contributed by atoms with Gasteiger partial charge in [0.15, 0.2) is 0 Å². The summed E-state index contributed by atoms with van der Waals surface area (Å²) in [6.07, 6.45) is 10.2. The summed E-state index contributed by atoms with van der Waals surface area (Å²) < 4.78 is 1.26. The molecular weight excluding hydrogens is 347 g/mol. The van der Waals surface area contributed by atoms with Crippen molar-refractivity contribution in [3.8, 4) is 12.3 Å². The van der Waals surface area contributed by atoms with Gasteiger partial charge in [-0.05, 0) is 0 Å². The van der Waals surface area contributed by atoms with E-state index in [1.54, 1.807) is 12.3 Å². The molecule has 1 N–H and O–H groups in total. The van der Waals surface area contributed by atoms with Gasteiger partial charge in [0.2, 0.25) is 0 Å². The van der Waals surface area contributed by atoms with Crippen molar-refractivity contribution in [1.29, 1.82) is 0 Å². The van der Waals surface area contributed by atoms with Gasteiger partial charge in [-0.2, -0.15) is 0 Å². The van der Waals surface area contributed by atoms with Crippen molar-refractivity contribution < 1.29 is 4.79 Å². The summed E-state index contributed by atoms with van der Waals surface area (Å²) in [6, 6.07) is 1.70. The van der Waals surface area contributed by atoms with Crippen LogP contribution >= 0.6 is 11.6 Å². The van der Waals surface area contributed by atoms with Crippen molar-refractivity contribution in [3.63, 3.8) is 0 Å². The maximum absolute atomic E-state index is 12.6. The van der Waals surface area contributed by atoms with Crippen LogP contribution < -0.4 is 9.80 Å². The van der Waals surface area contributed by atoms with Crippen LogP contribution in [0.1, 0.15) is 50.4 Å². The first-order valence-electron chi connectivity index (χ1n) is 6.99. The van der Waals surface area contributed by atoms with Gasteiger partial charge in [-0.3, -0.25) is 0 Å². The zero-order chi connectivity index (χ0) is 15.7. The average Bonchev–Trinajstić information content (AvgIpc) is 3.18. The predicted octanol–water partition coefficient (Wildman–Crippen LogP) is 2.57. The molecule has 1 fully saturated rings. The van der Waals surface area contributed by atoms with Crippen LogP contribution in [0.4, 0.5) is 0 Å². The Morgan fingerprint density at radius 1 is 1.67 bits per heavy atom. The first-order valence-corrected chi connectivity index (χ1v) is 9.25. The third kappa shape index (κ3) is 4.02. The molecule has 1 saturated carbocycles. The van der Waals surface area contributed by atoms with Crippen LogP contribution in [0.25, 0.3) is 0 Å². The molecule has 3 nitrogen and oxygen atoms in total. The van der Waals surface area contributed by atoms with E-state index >= 15 is 0 Å². The molecule has 1 amide bonds. The second-order valence-electron chi connectivity index (χ2n) is 5.92.